The van der Waals surface area contributed by atoms with Gasteiger partial charge in [-0.15, -0.1) is 0 Å². The second-order valence-electron chi connectivity index (χ2n) is 6.70. The van der Waals surface area contributed by atoms with Gasteiger partial charge in [-0.2, -0.15) is 5.10 Å². The summed E-state index contributed by atoms with van der Waals surface area (Å²) in [6.45, 7) is 8.42. The third-order valence-electron chi connectivity index (χ3n) is 4.87. The van der Waals surface area contributed by atoms with Crippen LogP contribution >= 0.6 is 0 Å². The molecule has 1 N–H and O–H groups in total. The Morgan fingerprint density at radius 2 is 1.75 bits per heavy atom. The molecule has 6 heteroatoms. The number of amides is 1. The minimum atomic E-state index is -0.0649. The van der Waals surface area contributed by atoms with E-state index in [0.717, 1.165) is 30.8 Å². The van der Waals surface area contributed by atoms with E-state index in [1.807, 2.05) is 30.3 Å². The number of rotatable bonds is 9. The minimum absolute atomic E-state index is 0.0649. The maximum Gasteiger partial charge on any atom is 0.251 e. The number of nitrogens with one attached hydrogen (secondary N) is 1. The topological polar surface area (TPSA) is 63.1 Å². The van der Waals surface area contributed by atoms with Crippen LogP contribution in [-0.2, 0) is 19.6 Å². The first-order chi connectivity index (χ1) is 13.7. The van der Waals surface area contributed by atoms with Gasteiger partial charge in [-0.25, -0.2) is 9.67 Å². The zero-order valence-electron chi connectivity index (χ0n) is 16.5. The Morgan fingerprint density at radius 1 is 1.04 bits per heavy atom. The fourth-order valence-corrected chi connectivity index (χ4v) is 3.11. The highest BCUT2D eigenvalue weighted by Gasteiger charge is 2.09. The third kappa shape index (κ3) is 5.27. The average Bonchev–Trinajstić information content (AvgIpc) is 3.24. The first-order valence-corrected chi connectivity index (χ1v) is 9.68. The van der Waals surface area contributed by atoms with Gasteiger partial charge in [0.05, 0.1) is 6.54 Å². The number of hydrogen-bond donors (Lipinski definition) is 1. The first-order valence-electron chi connectivity index (χ1n) is 9.68. The Kier molecular flexibility index (Phi) is 6.92. The molecule has 2 aromatic carbocycles. The van der Waals surface area contributed by atoms with E-state index in [9.17, 15) is 4.79 Å². The van der Waals surface area contributed by atoms with Crippen molar-refractivity contribution in [1.29, 1.82) is 0 Å². The van der Waals surface area contributed by atoms with Gasteiger partial charge < -0.3 is 5.32 Å². The summed E-state index contributed by atoms with van der Waals surface area (Å²) in [6.07, 6.45) is 3.19. The molecule has 0 aliphatic heterocycles. The summed E-state index contributed by atoms with van der Waals surface area (Å²) >= 11 is 0. The molecule has 1 heterocycles. The van der Waals surface area contributed by atoms with E-state index in [2.05, 4.69) is 52.3 Å². The monoisotopic (exact) mass is 377 g/mol. The number of carbonyl (C=O) groups is 1. The van der Waals surface area contributed by atoms with Crippen molar-refractivity contribution in [3.05, 3.63) is 83.4 Å². The molecule has 3 rings (SSSR count). The molecular weight excluding hydrogens is 350 g/mol. The van der Waals surface area contributed by atoms with E-state index in [0.29, 0.717) is 18.7 Å². The molecule has 0 saturated heterocycles. The van der Waals surface area contributed by atoms with Crippen LogP contribution in [0.1, 0.15) is 40.9 Å². The molecule has 3 aromatic rings. The molecular formula is C22H27N5O. The van der Waals surface area contributed by atoms with E-state index in [-0.39, 0.29) is 5.91 Å². The molecule has 0 saturated carbocycles. The molecule has 1 aromatic heterocycles. The second-order valence-corrected chi connectivity index (χ2v) is 6.70. The summed E-state index contributed by atoms with van der Waals surface area (Å²) in [5.74, 6) is -0.0649. The lowest BCUT2D eigenvalue weighted by Gasteiger charge is -2.20. The smallest absolute Gasteiger partial charge is 0.251 e. The van der Waals surface area contributed by atoms with Gasteiger partial charge in [0.2, 0.25) is 0 Å². The quantitative estimate of drug-likeness (QED) is 0.622. The molecule has 0 bridgehead atoms. The van der Waals surface area contributed by atoms with E-state index in [4.69, 9.17) is 0 Å². The SMILES string of the molecule is CCN(CC)Cc1ccccc1CNC(=O)c1ccc(Cn2cncn2)cc1. The highest BCUT2D eigenvalue weighted by atomic mass is 16.1. The van der Waals surface area contributed by atoms with Crippen LogP contribution < -0.4 is 5.32 Å². The molecule has 0 atom stereocenters. The van der Waals surface area contributed by atoms with Crippen molar-refractivity contribution < 1.29 is 4.79 Å². The van der Waals surface area contributed by atoms with Crippen LogP contribution in [0.25, 0.3) is 0 Å². The molecule has 0 spiro atoms. The lowest BCUT2D eigenvalue weighted by atomic mass is 10.1. The molecule has 6 nitrogen and oxygen atoms in total. The Balaban J connectivity index is 1.59. The van der Waals surface area contributed by atoms with Gasteiger partial charge in [0.25, 0.3) is 5.91 Å². The molecule has 0 radical (unpaired) electrons. The van der Waals surface area contributed by atoms with Crippen LogP contribution in [0.15, 0.2) is 61.2 Å². The van der Waals surface area contributed by atoms with Crippen molar-refractivity contribution in [2.45, 2.75) is 33.5 Å². The van der Waals surface area contributed by atoms with Crippen LogP contribution in [0.3, 0.4) is 0 Å². The number of aromatic nitrogens is 3. The van der Waals surface area contributed by atoms with Gasteiger partial charge in [0.1, 0.15) is 12.7 Å². The first kappa shape index (κ1) is 19.8. The number of benzene rings is 2. The van der Waals surface area contributed by atoms with Gasteiger partial charge in [0, 0.05) is 18.7 Å². The van der Waals surface area contributed by atoms with Crippen LogP contribution in [-0.4, -0.2) is 38.7 Å². The van der Waals surface area contributed by atoms with Crippen LogP contribution in [0.4, 0.5) is 0 Å². The summed E-state index contributed by atoms with van der Waals surface area (Å²) in [7, 11) is 0. The summed E-state index contributed by atoms with van der Waals surface area (Å²) in [6, 6.07) is 15.9. The molecule has 146 valence electrons. The van der Waals surface area contributed by atoms with Gasteiger partial charge in [-0.05, 0) is 41.9 Å². The maximum absolute atomic E-state index is 12.5. The number of hydrogen-bond acceptors (Lipinski definition) is 4. The van der Waals surface area contributed by atoms with Gasteiger partial charge in [0.15, 0.2) is 0 Å². The van der Waals surface area contributed by atoms with Crippen molar-refractivity contribution in [1.82, 2.24) is 25.0 Å². The van der Waals surface area contributed by atoms with Crippen LogP contribution in [0.2, 0.25) is 0 Å². The van der Waals surface area contributed by atoms with E-state index in [1.165, 1.54) is 11.9 Å². The zero-order chi connectivity index (χ0) is 19.8. The standard InChI is InChI=1S/C22H27N5O/c1-3-26(4-2)15-21-8-6-5-7-20(21)13-24-22(28)19-11-9-18(10-12-19)14-27-17-23-16-25-27/h5-12,16-17H,3-4,13-15H2,1-2H3,(H,24,28). The van der Waals surface area contributed by atoms with Crippen molar-refractivity contribution in [3.8, 4) is 0 Å². The predicted molar refractivity (Wildman–Crippen MR) is 110 cm³/mol. The fraction of sp³-hybridized carbons (Fsp3) is 0.318. The molecule has 0 unspecified atom stereocenters. The lowest BCUT2D eigenvalue weighted by Crippen LogP contribution is -2.26. The Labute approximate surface area is 166 Å². The minimum Gasteiger partial charge on any atom is -0.348 e. The largest absolute Gasteiger partial charge is 0.348 e. The Morgan fingerprint density at radius 3 is 2.39 bits per heavy atom. The summed E-state index contributed by atoms with van der Waals surface area (Å²) < 4.78 is 1.75. The summed E-state index contributed by atoms with van der Waals surface area (Å²) in [4.78, 5) is 18.9. The van der Waals surface area contributed by atoms with Crippen molar-refractivity contribution in [2.75, 3.05) is 13.1 Å². The van der Waals surface area contributed by atoms with Crippen molar-refractivity contribution in [3.63, 3.8) is 0 Å². The van der Waals surface area contributed by atoms with Crippen LogP contribution in [0.5, 0.6) is 0 Å². The summed E-state index contributed by atoms with van der Waals surface area (Å²) in [5.41, 5.74) is 4.15. The molecule has 0 aliphatic carbocycles. The fourth-order valence-electron chi connectivity index (χ4n) is 3.11. The highest BCUT2D eigenvalue weighted by Crippen LogP contribution is 2.12. The Hall–Kier alpha value is -2.99. The maximum atomic E-state index is 12.5. The highest BCUT2D eigenvalue weighted by molar-refractivity contribution is 5.94. The third-order valence-corrected chi connectivity index (χ3v) is 4.87. The molecule has 1 amide bonds. The van der Waals surface area contributed by atoms with E-state index < -0.39 is 0 Å². The Bertz CT molecular complexity index is 870. The number of nitrogens with zero attached hydrogens (tertiary/aromatic N) is 4. The lowest BCUT2D eigenvalue weighted by molar-refractivity contribution is 0.0950. The van der Waals surface area contributed by atoms with Gasteiger partial charge >= 0.3 is 0 Å². The molecule has 28 heavy (non-hydrogen) atoms. The number of carbonyl (C=O) groups excluding carboxylic acids is 1. The van der Waals surface area contributed by atoms with E-state index in [1.54, 1.807) is 11.0 Å². The second kappa shape index (κ2) is 9.80. The zero-order valence-corrected chi connectivity index (χ0v) is 16.5. The van der Waals surface area contributed by atoms with Gasteiger partial charge in [-0.3, -0.25) is 9.69 Å². The molecule has 0 aliphatic rings. The van der Waals surface area contributed by atoms with Crippen LogP contribution in [0, 0.1) is 0 Å². The summed E-state index contributed by atoms with van der Waals surface area (Å²) in [5, 5.41) is 7.14. The normalized spacial score (nSPS) is 11.0. The van der Waals surface area contributed by atoms with E-state index >= 15 is 0 Å². The predicted octanol–water partition coefficient (Wildman–Crippen LogP) is 3.10. The van der Waals surface area contributed by atoms with Crippen molar-refractivity contribution in [2.24, 2.45) is 0 Å². The molecule has 0 fully saturated rings. The average molecular weight is 377 g/mol. The van der Waals surface area contributed by atoms with Gasteiger partial charge in [-0.1, -0.05) is 50.2 Å². The van der Waals surface area contributed by atoms with Crippen molar-refractivity contribution >= 4 is 5.91 Å².